The fraction of sp³-hybridized carbons (Fsp3) is 0.400. The number of thiophene rings is 1. The van der Waals surface area contributed by atoms with Gasteiger partial charge in [0, 0.05) is 30.3 Å². The summed E-state index contributed by atoms with van der Waals surface area (Å²) in [6.07, 6.45) is -2.57. The molecule has 226 valence electrons. The number of amides is 3. The van der Waals surface area contributed by atoms with E-state index < -0.39 is 17.8 Å². The summed E-state index contributed by atoms with van der Waals surface area (Å²) in [6, 6.07) is 13.1. The van der Waals surface area contributed by atoms with E-state index in [-0.39, 0.29) is 30.8 Å². The molecular formula is C30H34F3N3O5S. The van der Waals surface area contributed by atoms with Crippen molar-refractivity contribution in [2.24, 2.45) is 0 Å². The average molecular weight is 606 g/mol. The molecule has 1 atom stereocenters. The molecule has 0 spiro atoms. The molecule has 0 saturated carbocycles. The van der Waals surface area contributed by atoms with Crippen molar-refractivity contribution in [2.45, 2.75) is 38.1 Å². The number of methoxy groups -OCH3 is 2. The predicted molar refractivity (Wildman–Crippen MR) is 154 cm³/mol. The van der Waals surface area contributed by atoms with Gasteiger partial charge in [0.25, 0.3) is 0 Å². The molecule has 1 aromatic heterocycles. The lowest BCUT2D eigenvalue weighted by atomic mass is 10.1. The molecule has 4 rings (SSSR count). The summed E-state index contributed by atoms with van der Waals surface area (Å²) in [5.74, 6) is 0.940. The van der Waals surface area contributed by atoms with Crippen LogP contribution in [0, 0.1) is 0 Å². The number of nitrogens with one attached hydrogen (secondary N) is 1. The van der Waals surface area contributed by atoms with Crippen molar-refractivity contribution < 1.29 is 37.0 Å². The van der Waals surface area contributed by atoms with Gasteiger partial charge in [-0.1, -0.05) is 12.1 Å². The highest BCUT2D eigenvalue weighted by Crippen LogP contribution is 2.30. The van der Waals surface area contributed by atoms with Gasteiger partial charge >= 0.3 is 12.2 Å². The Balaban J connectivity index is 1.49. The maximum Gasteiger partial charge on any atom is 0.416 e. The first kappa shape index (κ1) is 31.2. The Morgan fingerprint density at radius 1 is 1.05 bits per heavy atom. The van der Waals surface area contributed by atoms with Gasteiger partial charge in [0.15, 0.2) is 11.5 Å². The number of urea groups is 1. The van der Waals surface area contributed by atoms with E-state index in [2.05, 4.69) is 5.32 Å². The maximum absolute atomic E-state index is 13.7. The second-order valence-corrected chi connectivity index (χ2v) is 10.9. The van der Waals surface area contributed by atoms with Gasteiger partial charge in [0.05, 0.1) is 32.4 Å². The summed E-state index contributed by atoms with van der Waals surface area (Å²) in [4.78, 5) is 31.1. The second-order valence-electron chi connectivity index (χ2n) is 9.85. The third-order valence-corrected chi connectivity index (χ3v) is 7.78. The molecule has 0 bridgehead atoms. The number of hydrogen-bond acceptors (Lipinski definition) is 6. The fourth-order valence-electron chi connectivity index (χ4n) is 4.64. The molecule has 3 amide bonds. The Hall–Kier alpha value is -3.77. The Kier molecular flexibility index (Phi) is 10.7. The van der Waals surface area contributed by atoms with Crippen molar-refractivity contribution in [1.29, 1.82) is 0 Å². The Bertz CT molecular complexity index is 1310. The number of carbonyl (C=O) groups is 2. The lowest BCUT2D eigenvalue weighted by Gasteiger charge is -2.29. The van der Waals surface area contributed by atoms with Crippen LogP contribution in [0.25, 0.3) is 0 Å². The van der Waals surface area contributed by atoms with Gasteiger partial charge in [0.2, 0.25) is 5.91 Å². The Labute approximate surface area is 247 Å². The first-order valence-corrected chi connectivity index (χ1v) is 14.4. The smallest absolute Gasteiger partial charge is 0.416 e. The van der Waals surface area contributed by atoms with E-state index in [1.165, 1.54) is 28.4 Å². The number of halogens is 3. The van der Waals surface area contributed by atoms with E-state index in [1.807, 2.05) is 35.7 Å². The first-order chi connectivity index (χ1) is 20.2. The van der Waals surface area contributed by atoms with Gasteiger partial charge in [-0.2, -0.15) is 13.2 Å². The van der Waals surface area contributed by atoms with Crippen LogP contribution >= 0.6 is 11.3 Å². The number of alkyl halides is 3. The zero-order valence-electron chi connectivity index (χ0n) is 23.5. The van der Waals surface area contributed by atoms with Gasteiger partial charge in [-0.25, -0.2) is 4.79 Å². The van der Waals surface area contributed by atoms with Crippen molar-refractivity contribution in [1.82, 2.24) is 9.80 Å². The van der Waals surface area contributed by atoms with Gasteiger partial charge in [-0.05, 0) is 72.7 Å². The van der Waals surface area contributed by atoms with E-state index in [4.69, 9.17) is 14.2 Å². The number of rotatable bonds is 12. The van der Waals surface area contributed by atoms with Crippen molar-refractivity contribution in [3.8, 4) is 11.5 Å². The molecule has 1 fully saturated rings. The topological polar surface area (TPSA) is 80.3 Å². The molecule has 3 aromatic rings. The summed E-state index contributed by atoms with van der Waals surface area (Å²) in [5, 5.41) is 4.57. The summed E-state index contributed by atoms with van der Waals surface area (Å²) in [6.45, 7) is 1.30. The molecule has 1 saturated heterocycles. The normalized spacial score (nSPS) is 14.8. The standard InChI is InChI=1S/C30H34F3N3O5S/c1-39-26-12-7-21(17-27(26)40-2)13-14-35(19-25-6-4-16-42-25)28(37)20-36(18-24-5-3-15-41-24)29(38)34-23-10-8-22(9-11-23)30(31,32)33/h4,6-12,16-17,24H,3,5,13-15,18-20H2,1-2H3,(H,34,38). The number of benzene rings is 2. The number of ether oxygens (including phenoxy) is 3. The SMILES string of the molecule is COc1ccc(CCN(Cc2cccs2)C(=O)CN(CC2CCCO2)C(=O)Nc2ccc(C(F)(F)F)cc2)cc1OC. The van der Waals surface area contributed by atoms with Crippen molar-refractivity contribution in [3.63, 3.8) is 0 Å². The minimum absolute atomic E-state index is 0.181. The van der Waals surface area contributed by atoms with E-state index in [0.717, 1.165) is 35.4 Å². The lowest BCUT2D eigenvalue weighted by Crippen LogP contribution is -2.47. The van der Waals surface area contributed by atoms with Crippen LogP contribution < -0.4 is 14.8 Å². The maximum atomic E-state index is 13.7. The average Bonchev–Trinajstić information content (AvgIpc) is 3.69. The summed E-state index contributed by atoms with van der Waals surface area (Å²) >= 11 is 1.53. The van der Waals surface area contributed by atoms with Gasteiger partial charge < -0.3 is 29.3 Å². The minimum atomic E-state index is -4.48. The third-order valence-electron chi connectivity index (χ3n) is 6.92. The highest BCUT2D eigenvalue weighted by atomic mass is 32.1. The highest BCUT2D eigenvalue weighted by Gasteiger charge is 2.30. The molecule has 2 aromatic carbocycles. The van der Waals surface area contributed by atoms with Gasteiger partial charge in [-0.15, -0.1) is 11.3 Å². The van der Waals surface area contributed by atoms with Crippen LogP contribution in [0.2, 0.25) is 0 Å². The molecule has 0 aliphatic carbocycles. The Morgan fingerprint density at radius 3 is 2.43 bits per heavy atom. The monoisotopic (exact) mass is 605 g/mol. The highest BCUT2D eigenvalue weighted by molar-refractivity contribution is 7.09. The molecule has 2 heterocycles. The van der Waals surface area contributed by atoms with Gasteiger partial charge in [0.1, 0.15) is 6.54 Å². The molecule has 1 N–H and O–H groups in total. The van der Waals surface area contributed by atoms with E-state index in [1.54, 1.807) is 19.1 Å². The summed E-state index contributed by atoms with van der Waals surface area (Å²) in [7, 11) is 3.13. The van der Waals surface area contributed by atoms with Gasteiger partial charge in [-0.3, -0.25) is 4.79 Å². The zero-order valence-corrected chi connectivity index (χ0v) is 24.3. The number of anilines is 1. The van der Waals surface area contributed by atoms with E-state index in [0.29, 0.717) is 37.6 Å². The van der Waals surface area contributed by atoms with Crippen LogP contribution in [0.5, 0.6) is 11.5 Å². The lowest BCUT2D eigenvalue weighted by molar-refractivity contribution is -0.137. The summed E-state index contributed by atoms with van der Waals surface area (Å²) < 4.78 is 55.4. The van der Waals surface area contributed by atoms with Crippen LogP contribution in [-0.2, 0) is 28.7 Å². The predicted octanol–water partition coefficient (Wildman–Crippen LogP) is 6.07. The minimum Gasteiger partial charge on any atom is -0.493 e. The van der Waals surface area contributed by atoms with Crippen LogP contribution in [0.1, 0.15) is 28.8 Å². The van der Waals surface area contributed by atoms with Crippen LogP contribution in [-0.4, -0.2) is 68.3 Å². The quantitative estimate of drug-likeness (QED) is 0.271. The molecule has 1 aliphatic rings. The molecule has 8 nitrogen and oxygen atoms in total. The van der Waals surface area contributed by atoms with E-state index in [9.17, 15) is 22.8 Å². The number of hydrogen-bond donors (Lipinski definition) is 1. The number of carbonyl (C=O) groups excluding carboxylic acids is 2. The number of nitrogens with zero attached hydrogens (tertiary/aromatic N) is 2. The van der Waals surface area contributed by atoms with Crippen molar-refractivity contribution in [2.75, 3.05) is 45.8 Å². The molecule has 0 radical (unpaired) electrons. The molecule has 1 unspecified atom stereocenters. The van der Waals surface area contributed by atoms with Crippen molar-refractivity contribution in [3.05, 3.63) is 76.0 Å². The fourth-order valence-corrected chi connectivity index (χ4v) is 5.36. The van der Waals surface area contributed by atoms with Crippen LogP contribution in [0.4, 0.5) is 23.7 Å². The molecule has 12 heteroatoms. The molecule has 42 heavy (non-hydrogen) atoms. The Morgan fingerprint density at radius 2 is 1.81 bits per heavy atom. The largest absolute Gasteiger partial charge is 0.493 e. The van der Waals surface area contributed by atoms with Crippen LogP contribution in [0.15, 0.2) is 60.0 Å². The summed E-state index contributed by atoms with van der Waals surface area (Å²) in [5.41, 5.74) is 0.333. The molecular weight excluding hydrogens is 571 g/mol. The van der Waals surface area contributed by atoms with Crippen LogP contribution in [0.3, 0.4) is 0 Å². The van der Waals surface area contributed by atoms with E-state index >= 15 is 0 Å². The second kappa shape index (κ2) is 14.4. The van der Waals surface area contributed by atoms with Crippen molar-refractivity contribution >= 4 is 29.0 Å². The molecule has 1 aliphatic heterocycles. The zero-order chi connectivity index (χ0) is 30.1. The first-order valence-electron chi connectivity index (χ1n) is 13.5. The third kappa shape index (κ3) is 8.62.